The Balaban J connectivity index is 2.06. The summed E-state index contributed by atoms with van der Waals surface area (Å²) in [5, 5.41) is 0. The van der Waals surface area contributed by atoms with Crippen molar-refractivity contribution in [2.45, 2.75) is 38.3 Å². The number of hydrogen-bond acceptors (Lipinski definition) is 1. The average molecular weight is 125 g/mol. The highest BCUT2D eigenvalue weighted by Crippen LogP contribution is 2.42. The van der Waals surface area contributed by atoms with Gasteiger partial charge in [0.25, 0.3) is 0 Å². The van der Waals surface area contributed by atoms with Crippen molar-refractivity contribution in [1.82, 2.24) is 4.90 Å². The third-order valence-corrected chi connectivity index (χ3v) is 3.32. The lowest BCUT2D eigenvalue weighted by Gasteiger charge is -2.49. The molecule has 1 saturated heterocycles. The molecule has 0 spiro atoms. The van der Waals surface area contributed by atoms with E-state index in [0.29, 0.717) is 0 Å². The van der Waals surface area contributed by atoms with E-state index >= 15 is 0 Å². The summed E-state index contributed by atoms with van der Waals surface area (Å²) in [6.45, 7) is 2.35. The first-order valence-corrected chi connectivity index (χ1v) is 4.02. The van der Waals surface area contributed by atoms with E-state index < -0.39 is 0 Å². The van der Waals surface area contributed by atoms with Crippen LogP contribution in [0.3, 0.4) is 0 Å². The Kier molecular flexibility index (Phi) is 1.10. The van der Waals surface area contributed by atoms with Crippen LogP contribution in [0.4, 0.5) is 0 Å². The number of rotatable bonds is 0. The van der Waals surface area contributed by atoms with E-state index in [-0.39, 0.29) is 0 Å². The monoisotopic (exact) mass is 125 g/mol. The normalized spacial score (nSPS) is 50.7. The molecule has 1 heteroatoms. The van der Waals surface area contributed by atoms with Gasteiger partial charge in [0.05, 0.1) is 0 Å². The zero-order chi connectivity index (χ0) is 6.43. The van der Waals surface area contributed by atoms with E-state index in [1.807, 2.05) is 0 Å². The Morgan fingerprint density at radius 2 is 2.11 bits per heavy atom. The van der Waals surface area contributed by atoms with E-state index in [4.69, 9.17) is 0 Å². The smallest absolute Gasteiger partial charge is 0.0138 e. The second-order valence-corrected chi connectivity index (χ2v) is 3.57. The predicted molar refractivity (Wildman–Crippen MR) is 38.4 cm³/mol. The Morgan fingerprint density at radius 1 is 1.33 bits per heavy atom. The van der Waals surface area contributed by atoms with Gasteiger partial charge in [-0.2, -0.15) is 0 Å². The van der Waals surface area contributed by atoms with Crippen molar-refractivity contribution in [3.63, 3.8) is 0 Å². The van der Waals surface area contributed by atoms with Crippen LogP contribution < -0.4 is 0 Å². The molecule has 0 radical (unpaired) electrons. The molecule has 1 aliphatic heterocycles. The maximum atomic E-state index is 2.53. The second kappa shape index (κ2) is 1.72. The SMILES string of the molecule is CC1C2CCCC2N1C. The molecule has 0 aromatic heterocycles. The minimum Gasteiger partial charge on any atom is -0.300 e. The molecule has 1 nitrogen and oxygen atoms in total. The first-order chi connectivity index (χ1) is 4.30. The minimum atomic E-state index is 0.887. The fourth-order valence-electron chi connectivity index (χ4n) is 2.54. The zero-order valence-electron chi connectivity index (χ0n) is 6.30. The van der Waals surface area contributed by atoms with Crippen molar-refractivity contribution >= 4 is 0 Å². The summed E-state index contributed by atoms with van der Waals surface area (Å²) in [5.41, 5.74) is 0. The topological polar surface area (TPSA) is 3.24 Å². The molecule has 0 aromatic carbocycles. The molecule has 2 rings (SSSR count). The van der Waals surface area contributed by atoms with Crippen LogP contribution in [0.1, 0.15) is 26.2 Å². The van der Waals surface area contributed by atoms with Gasteiger partial charge < -0.3 is 4.90 Å². The fraction of sp³-hybridized carbons (Fsp3) is 1.00. The van der Waals surface area contributed by atoms with E-state index in [2.05, 4.69) is 18.9 Å². The van der Waals surface area contributed by atoms with Crippen molar-refractivity contribution in [2.75, 3.05) is 7.05 Å². The first-order valence-electron chi connectivity index (χ1n) is 4.02. The van der Waals surface area contributed by atoms with Crippen LogP contribution in [-0.4, -0.2) is 24.0 Å². The van der Waals surface area contributed by atoms with Crippen molar-refractivity contribution < 1.29 is 0 Å². The van der Waals surface area contributed by atoms with Crippen molar-refractivity contribution in [1.29, 1.82) is 0 Å². The molecule has 0 aromatic rings. The fourth-order valence-corrected chi connectivity index (χ4v) is 2.54. The second-order valence-electron chi connectivity index (χ2n) is 3.57. The first kappa shape index (κ1) is 5.72. The van der Waals surface area contributed by atoms with Gasteiger partial charge in [-0.05, 0) is 32.7 Å². The van der Waals surface area contributed by atoms with Gasteiger partial charge in [-0.1, -0.05) is 6.42 Å². The molecular weight excluding hydrogens is 110 g/mol. The van der Waals surface area contributed by atoms with E-state index in [9.17, 15) is 0 Å². The largest absolute Gasteiger partial charge is 0.300 e. The summed E-state index contributed by atoms with van der Waals surface area (Å²) in [7, 11) is 2.26. The lowest BCUT2D eigenvalue weighted by molar-refractivity contribution is -0.00127. The lowest BCUT2D eigenvalue weighted by atomic mass is 9.84. The molecule has 1 heterocycles. The van der Waals surface area contributed by atoms with E-state index in [0.717, 1.165) is 18.0 Å². The highest BCUT2D eigenvalue weighted by molar-refractivity contribution is 5.00. The Hall–Kier alpha value is -0.0400. The zero-order valence-corrected chi connectivity index (χ0v) is 6.30. The van der Waals surface area contributed by atoms with Gasteiger partial charge in [0.2, 0.25) is 0 Å². The Morgan fingerprint density at radius 3 is 2.78 bits per heavy atom. The maximum Gasteiger partial charge on any atom is 0.0138 e. The van der Waals surface area contributed by atoms with Crippen LogP contribution in [-0.2, 0) is 0 Å². The molecule has 2 fully saturated rings. The summed E-state index contributed by atoms with van der Waals surface area (Å²) < 4.78 is 0. The summed E-state index contributed by atoms with van der Waals surface area (Å²) in [6, 6.07) is 1.86. The lowest BCUT2D eigenvalue weighted by Crippen LogP contribution is -2.57. The van der Waals surface area contributed by atoms with Crippen LogP contribution in [0, 0.1) is 5.92 Å². The van der Waals surface area contributed by atoms with Crippen LogP contribution in [0.15, 0.2) is 0 Å². The van der Waals surface area contributed by atoms with Gasteiger partial charge in [0, 0.05) is 12.1 Å². The van der Waals surface area contributed by atoms with Gasteiger partial charge in [-0.3, -0.25) is 0 Å². The van der Waals surface area contributed by atoms with Gasteiger partial charge in [-0.25, -0.2) is 0 Å². The van der Waals surface area contributed by atoms with Crippen LogP contribution in [0.5, 0.6) is 0 Å². The summed E-state index contributed by atoms with van der Waals surface area (Å²) >= 11 is 0. The summed E-state index contributed by atoms with van der Waals surface area (Å²) in [6.07, 6.45) is 4.44. The number of likely N-dealkylation sites (tertiary alicyclic amines) is 1. The van der Waals surface area contributed by atoms with E-state index in [1.54, 1.807) is 0 Å². The van der Waals surface area contributed by atoms with Gasteiger partial charge >= 0.3 is 0 Å². The van der Waals surface area contributed by atoms with Crippen LogP contribution in [0.2, 0.25) is 0 Å². The van der Waals surface area contributed by atoms with E-state index in [1.165, 1.54) is 19.3 Å². The molecule has 3 atom stereocenters. The number of hydrogen-bond donors (Lipinski definition) is 0. The number of fused-ring (bicyclic) bond motifs is 1. The molecule has 9 heavy (non-hydrogen) atoms. The van der Waals surface area contributed by atoms with Crippen molar-refractivity contribution in [2.24, 2.45) is 5.92 Å². The van der Waals surface area contributed by atoms with Crippen molar-refractivity contribution in [3.05, 3.63) is 0 Å². The highest BCUT2D eigenvalue weighted by atomic mass is 15.2. The van der Waals surface area contributed by atoms with Gasteiger partial charge in [0.15, 0.2) is 0 Å². The molecule has 52 valence electrons. The van der Waals surface area contributed by atoms with Gasteiger partial charge in [-0.15, -0.1) is 0 Å². The molecule has 0 bridgehead atoms. The predicted octanol–water partition coefficient (Wildman–Crippen LogP) is 1.49. The minimum absolute atomic E-state index is 0.887. The Bertz CT molecular complexity index is 108. The molecule has 2 aliphatic rings. The molecule has 0 amide bonds. The highest BCUT2D eigenvalue weighted by Gasteiger charge is 2.45. The van der Waals surface area contributed by atoms with Crippen LogP contribution in [0.25, 0.3) is 0 Å². The summed E-state index contributed by atoms with van der Waals surface area (Å²) in [5.74, 6) is 1.06. The quantitative estimate of drug-likeness (QED) is 0.474. The Labute approximate surface area is 57.0 Å². The van der Waals surface area contributed by atoms with Crippen molar-refractivity contribution in [3.8, 4) is 0 Å². The van der Waals surface area contributed by atoms with Gasteiger partial charge in [0.1, 0.15) is 0 Å². The maximum absolute atomic E-state index is 2.53. The molecule has 3 unspecified atom stereocenters. The molecule has 1 saturated carbocycles. The average Bonchev–Trinajstić information content (AvgIpc) is 2.30. The number of nitrogens with zero attached hydrogens (tertiary/aromatic N) is 1. The third-order valence-electron chi connectivity index (χ3n) is 3.32. The molecule has 0 N–H and O–H groups in total. The van der Waals surface area contributed by atoms with Crippen LogP contribution >= 0.6 is 0 Å². The molecule has 1 aliphatic carbocycles. The standard InChI is InChI=1S/C8H15N/c1-6-7-4-3-5-8(7)9(6)2/h6-8H,3-5H2,1-2H3. The third kappa shape index (κ3) is 0.586. The summed E-state index contributed by atoms with van der Waals surface area (Å²) in [4.78, 5) is 2.53. The molecular formula is C8H15N.